The molecule has 2 nitrogen and oxygen atoms in total. The standard InChI is InChI=1S/C13H13NO/c1-3-6-10-9-7-4-5-8-11(9)13(15)12(10)14-2/h3-8H,1-2H3,(H,14,15)/p+1/b6-3-. The summed E-state index contributed by atoms with van der Waals surface area (Å²) in [5.41, 5.74) is 3.72. The lowest BCUT2D eigenvalue weighted by atomic mass is 10.1. The topological polar surface area (TPSA) is 33.7 Å². The second-order valence-electron chi connectivity index (χ2n) is 3.49. The van der Waals surface area contributed by atoms with Crippen LogP contribution >= 0.6 is 0 Å². The average molecular weight is 200 g/mol. The van der Waals surface area contributed by atoms with Gasteiger partial charge in [0.15, 0.2) is 5.70 Å². The molecule has 0 bridgehead atoms. The summed E-state index contributed by atoms with van der Waals surface area (Å²) in [6.45, 7) is 1.96. The first-order valence-electron chi connectivity index (χ1n) is 5.10. The van der Waals surface area contributed by atoms with Crippen LogP contribution < -0.4 is 5.32 Å². The van der Waals surface area contributed by atoms with E-state index >= 15 is 0 Å². The summed E-state index contributed by atoms with van der Waals surface area (Å²) in [7, 11) is 1.91. The van der Waals surface area contributed by atoms with E-state index in [1.54, 1.807) is 0 Å². The van der Waals surface area contributed by atoms with Gasteiger partial charge in [0.1, 0.15) is 0 Å². The summed E-state index contributed by atoms with van der Waals surface area (Å²) in [5.74, 6) is 0.140. The number of ketones is 1. The molecular weight excluding hydrogens is 186 g/mol. The minimum absolute atomic E-state index is 0.140. The molecule has 0 atom stereocenters. The molecule has 15 heavy (non-hydrogen) atoms. The molecule has 0 radical (unpaired) electrons. The summed E-state index contributed by atoms with van der Waals surface area (Å²) in [5, 5.41) is 1.89. The van der Waals surface area contributed by atoms with E-state index in [4.69, 9.17) is 0 Å². The number of quaternary nitrogens is 1. The summed E-state index contributed by atoms with van der Waals surface area (Å²) >= 11 is 0. The van der Waals surface area contributed by atoms with E-state index in [2.05, 4.69) is 0 Å². The third-order valence-corrected chi connectivity index (χ3v) is 2.62. The molecule has 1 aromatic carbocycles. The second-order valence-corrected chi connectivity index (χ2v) is 3.49. The van der Waals surface area contributed by atoms with Gasteiger partial charge in [-0.15, -0.1) is 0 Å². The van der Waals surface area contributed by atoms with E-state index in [-0.39, 0.29) is 5.78 Å². The van der Waals surface area contributed by atoms with Crippen molar-refractivity contribution in [1.82, 2.24) is 0 Å². The van der Waals surface area contributed by atoms with Gasteiger partial charge in [0.05, 0.1) is 7.05 Å². The largest absolute Gasteiger partial charge is 0.312 e. The Bertz CT molecular complexity index is 469. The molecule has 0 saturated carbocycles. The Morgan fingerprint density at radius 1 is 1.20 bits per heavy atom. The first kappa shape index (κ1) is 9.87. The van der Waals surface area contributed by atoms with Gasteiger partial charge < -0.3 is 5.32 Å². The van der Waals surface area contributed by atoms with E-state index in [1.165, 1.54) is 0 Å². The van der Waals surface area contributed by atoms with Gasteiger partial charge in [-0.1, -0.05) is 36.4 Å². The third kappa shape index (κ3) is 1.43. The molecule has 0 saturated heterocycles. The fraction of sp³-hybridized carbons (Fsp3) is 0.154. The molecule has 2 rings (SSSR count). The minimum atomic E-state index is 0.140. The minimum Gasteiger partial charge on any atom is -0.312 e. The highest BCUT2D eigenvalue weighted by Crippen LogP contribution is 2.30. The number of likely N-dealkylation sites (N-methyl/N-ethyl adjacent to an activating group) is 1. The Morgan fingerprint density at radius 3 is 2.47 bits per heavy atom. The van der Waals surface area contributed by atoms with E-state index in [9.17, 15) is 4.79 Å². The molecule has 76 valence electrons. The molecule has 0 aliphatic heterocycles. The zero-order valence-electron chi connectivity index (χ0n) is 8.95. The highest BCUT2D eigenvalue weighted by atomic mass is 16.1. The predicted octanol–water partition coefficient (Wildman–Crippen LogP) is 1.36. The normalized spacial score (nSPS) is 15.2. The molecule has 0 fully saturated rings. The monoisotopic (exact) mass is 200 g/mol. The van der Waals surface area contributed by atoms with Crippen molar-refractivity contribution in [1.29, 1.82) is 0 Å². The van der Waals surface area contributed by atoms with Crippen molar-refractivity contribution in [3.05, 3.63) is 53.2 Å². The molecule has 0 spiro atoms. The Labute approximate surface area is 89.3 Å². The molecule has 2 N–H and O–H groups in total. The van der Waals surface area contributed by atoms with Gasteiger partial charge in [0.2, 0.25) is 5.78 Å². The smallest absolute Gasteiger partial charge is 0.247 e. The van der Waals surface area contributed by atoms with Crippen molar-refractivity contribution < 1.29 is 10.1 Å². The summed E-state index contributed by atoms with van der Waals surface area (Å²) in [4.78, 5) is 12.0. The number of benzene rings is 1. The van der Waals surface area contributed by atoms with Crippen LogP contribution in [0.5, 0.6) is 0 Å². The Hall–Kier alpha value is -1.67. The van der Waals surface area contributed by atoms with Crippen LogP contribution in [0.2, 0.25) is 0 Å². The lowest BCUT2D eigenvalue weighted by Gasteiger charge is -1.97. The molecule has 0 unspecified atom stereocenters. The van der Waals surface area contributed by atoms with Gasteiger partial charge in [-0.3, -0.25) is 4.79 Å². The van der Waals surface area contributed by atoms with Crippen LogP contribution in [0, 0.1) is 0 Å². The quantitative estimate of drug-likeness (QED) is 0.768. The van der Waals surface area contributed by atoms with Crippen LogP contribution in [0.4, 0.5) is 0 Å². The maximum atomic E-state index is 12.0. The number of carbonyl (C=O) groups excluding carboxylic acids is 1. The Balaban J connectivity index is 2.65. The van der Waals surface area contributed by atoms with Gasteiger partial charge in [-0.25, -0.2) is 0 Å². The first-order valence-corrected chi connectivity index (χ1v) is 5.10. The van der Waals surface area contributed by atoms with Gasteiger partial charge in [0, 0.05) is 11.1 Å². The predicted molar refractivity (Wildman–Crippen MR) is 60.4 cm³/mol. The Morgan fingerprint density at radius 2 is 1.87 bits per heavy atom. The van der Waals surface area contributed by atoms with E-state index in [0.29, 0.717) is 0 Å². The first-order chi connectivity index (χ1) is 7.29. The molecule has 1 aliphatic carbocycles. The van der Waals surface area contributed by atoms with Crippen LogP contribution in [0.25, 0.3) is 5.57 Å². The van der Waals surface area contributed by atoms with Crippen LogP contribution in [0.15, 0.2) is 42.1 Å². The molecule has 0 heterocycles. The second kappa shape index (κ2) is 3.83. The number of carbonyl (C=O) groups is 1. The summed E-state index contributed by atoms with van der Waals surface area (Å²) in [6.07, 6.45) is 3.97. The van der Waals surface area contributed by atoms with E-state index in [0.717, 1.165) is 22.4 Å². The van der Waals surface area contributed by atoms with Crippen LogP contribution in [-0.4, -0.2) is 12.8 Å². The van der Waals surface area contributed by atoms with E-state index < -0.39 is 0 Å². The van der Waals surface area contributed by atoms with Crippen molar-refractivity contribution >= 4 is 11.4 Å². The van der Waals surface area contributed by atoms with E-state index in [1.807, 2.05) is 55.7 Å². The molecule has 1 aromatic rings. The number of allylic oxidation sites excluding steroid dienone is 4. The van der Waals surface area contributed by atoms with Gasteiger partial charge >= 0.3 is 0 Å². The van der Waals surface area contributed by atoms with Crippen LogP contribution in [0.3, 0.4) is 0 Å². The highest BCUT2D eigenvalue weighted by Gasteiger charge is 2.30. The maximum Gasteiger partial charge on any atom is 0.247 e. The number of Topliss-reactive ketones (excluding diaryl/α,β-unsaturated/α-hetero) is 1. The van der Waals surface area contributed by atoms with Gasteiger partial charge in [0.25, 0.3) is 0 Å². The fourth-order valence-electron chi connectivity index (χ4n) is 1.96. The Kier molecular flexibility index (Phi) is 2.52. The third-order valence-electron chi connectivity index (χ3n) is 2.62. The number of fused-ring (bicyclic) bond motifs is 1. The van der Waals surface area contributed by atoms with Crippen LogP contribution in [-0.2, 0) is 0 Å². The number of hydrogen-bond acceptors (Lipinski definition) is 1. The van der Waals surface area contributed by atoms with Crippen molar-refractivity contribution in [2.75, 3.05) is 7.05 Å². The molecule has 1 aliphatic rings. The number of rotatable bonds is 2. The van der Waals surface area contributed by atoms with Crippen molar-refractivity contribution in [3.63, 3.8) is 0 Å². The van der Waals surface area contributed by atoms with Crippen molar-refractivity contribution in [2.24, 2.45) is 0 Å². The lowest BCUT2D eigenvalue weighted by Crippen LogP contribution is -2.78. The van der Waals surface area contributed by atoms with Crippen molar-refractivity contribution in [2.45, 2.75) is 6.92 Å². The van der Waals surface area contributed by atoms with Gasteiger partial charge in [-0.2, -0.15) is 0 Å². The summed E-state index contributed by atoms with van der Waals surface area (Å²) < 4.78 is 0. The fourth-order valence-corrected chi connectivity index (χ4v) is 1.96. The SMILES string of the molecule is C/C=C\C1=C([NH2+]C)C(=O)c2ccccc21. The zero-order valence-corrected chi connectivity index (χ0v) is 8.95. The highest BCUT2D eigenvalue weighted by molar-refractivity contribution is 6.20. The molecular formula is C13H14NO+. The molecule has 2 heteroatoms. The molecule has 0 amide bonds. The van der Waals surface area contributed by atoms with Crippen molar-refractivity contribution in [3.8, 4) is 0 Å². The molecule has 0 aromatic heterocycles. The summed E-state index contributed by atoms with van der Waals surface area (Å²) in [6, 6.07) is 7.76. The van der Waals surface area contributed by atoms with Gasteiger partial charge in [-0.05, 0) is 12.5 Å². The average Bonchev–Trinajstić information content (AvgIpc) is 2.54. The number of nitrogens with two attached hydrogens (primary N) is 1. The lowest BCUT2D eigenvalue weighted by molar-refractivity contribution is -0.567. The maximum absolute atomic E-state index is 12.0. The van der Waals surface area contributed by atoms with Crippen LogP contribution in [0.1, 0.15) is 22.8 Å². The zero-order chi connectivity index (χ0) is 10.8. The number of hydrogen-bond donors (Lipinski definition) is 1.